The molecule has 0 saturated heterocycles. The molecule has 0 aliphatic heterocycles. The monoisotopic (exact) mass is 408 g/mol. The SMILES string of the molecule is CC(C)C(=O)Oc1ccc(S(=O)(=O)C(=[N+]=[N-])S(=O)(=O)c2ccccc2)cc1. The molecule has 0 fully saturated rings. The third-order valence-corrected chi connectivity index (χ3v) is 7.60. The van der Waals surface area contributed by atoms with Gasteiger partial charge in [0.25, 0.3) is 19.7 Å². The Morgan fingerprint density at radius 1 is 0.889 bits per heavy atom. The standard InChI is InChI=1S/C17H16N2O6S2/c1-12(2)16(20)25-13-8-10-15(11-9-13)27(23,24)17(19-18)26(21,22)14-6-4-3-5-7-14/h3-12H,1-2H3. The highest BCUT2D eigenvalue weighted by molar-refractivity contribution is 8.31. The first-order chi connectivity index (χ1) is 12.6. The van der Waals surface area contributed by atoms with Crippen LogP contribution in [0.4, 0.5) is 0 Å². The van der Waals surface area contributed by atoms with E-state index in [0.717, 1.165) is 12.1 Å². The third-order valence-electron chi connectivity index (χ3n) is 3.42. The Morgan fingerprint density at radius 2 is 1.37 bits per heavy atom. The molecule has 0 spiro atoms. The van der Waals surface area contributed by atoms with Gasteiger partial charge in [0.15, 0.2) is 0 Å². The number of carbonyl (C=O) groups excluding carboxylic acids is 1. The van der Waals surface area contributed by atoms with E-state index in [9.17, 15) is 21.6 Å². The van der Waals surface area contributed by atoms with Crippen LogP contribution >= 0.6 is 0 Å². The summed E-state index contributed by atoms with van der Waals surface area (Å²) in [6.45, 7) is 3.28. The van der Waals surface area contributed by atoms with Crippen LogP contribution in [0.1, 0.15) is 13.8 Å². The summed E-state index contributed by atoms with van der Waals surface area (Å²) in [6.07, 6.45) is 0. The molecule has 2 rings (SSSR count). The van der Waals surface area contributed by atoms with E-state index in [1.807, 2.05) is 0 Å². The van der Waals surface area contributed by atoms with Crippen LogP contribution in [-0.2, 0) is 24.5 Å². The predicted octanol–water partition coefficient (Wildman–Crippen LogP) is 2.08. The Bertz CT molecular complexity index is 1100. The van der Waals surface area contributed by atoms with Crippen LogP contribution in [-0.4, -0.2) is 32.0 Å². The molecule has 142 valence electrons. The second-order valence-corrected chi connectivity index (χ2v) is 9.72. The molecule has 2 aromatic carbocycles. The molecule has 0 radical (unpaired) electrons. The van der Waals surface area contributed by atoms with Crippen LogP contribution in [0.15, 0.2) is 64.4 Å². The van der Waals surface area contributed by atoms with Crippen molar-refractivity contribution in [3.05, 3.63) is 60.1 Å². The highest BCUT2D eigenvalue weighted by atomic mass is 32.3. The Morgan fingerprint density at radius 3 is 1.81 bits per heavy atom. The lowest BCUT2D eigenvalue weighted by atomic mass is 10.2. The Kier molecular flexibility index (Phi) is 5.94. The molecule has 2 aromatic rings. The molecule has 10 heteroatoms. The lowest BCUT2D eigenvalue weighted by Gasteiger charge is -2.07. The third kappa shape index (κ3) is 4.30. The van der Waals surface area contributed by atoms with Crippen molar-refractivity contribution in [2.24, 2.45) is 5.92 Å². The predicted molar refractivity (Wildman–Crippen MR) is 96.4 cm³/mol. The first-order valence-corrected chi connectivity index (χ1v) is 10.7. The van der Waals surface area contributed by atoms with Crippen molar-refractivity contribution >= 4 is 30.0 Å². The number of sulfone groups is 2. The molecule has 0 heterocycles. The van der Waals surface area contributed by atoms with E-state index in [4.69, 9.17) is 10.3 Å². The average molecular weight is 408 g/mol. The van der Waals surface area contributed by atoms with Gasteiger partial charge < -0.3 is 10.3 Å². The van der Waals surface area contributed by atoms with Crippen LogP contribution in [0.5, 0.6) is 5.75 Å². The fraction of sp³-hybridized carbons (Fsp3) is 0.176. The van der Waals surface area contributed by atoms with Crippen molar-refractivity contribution in [3.8, 4) is 5.75 Å². The van der Waals surface area contributed by atoms with Crippen LogP contribution in [0.2, 0.25) is 0 Å². The van der Waals surface area contributed by atoms with Gasteiger partial charge >= 0.3 is 10.3 Å². The van der Waals surface area contributed by atoms with E-state index >= 15 is 0 Å². The van der Waals surface area contributed by atoms with E-state index in [2.05, 4.69) is 4.79 Å². The van der Waals surface area contributed by atoms with Gasteiger partial charge in [0.2, 0.25) is 0 Å². The largest absolute Gasteiger partial charge is 0.504 e. The molecule has 0 amide bonds. The molecule has 8 nitrogen and oxygen atoms in total. The highest BCUT2D eigenvalue weighted by Crippen LogP contribution is 2.22. The van der Waals surface area contributed by atoms with Gasteiger partial charge in [0.1, 0.15) is 5.75 Å². The smallest absolute Gasteiger partial charge is 0.426 e. The number of benzene rings is 2. The number of rotatable bonds is 4. The van der Waals surface area contributed by atoms with E-state index in [1.54, 1.807) is 19.9 Å². The van der Waals surface area contributed by atoms with Gasteiger partial charge in [-0.1, -0.05) is 32.0 Å². The summed E-state index contributed by atoms with van der Waals surface area (Å²) in [7, 11) is -9.22. The van der Waals surface area contributed by atoms with Crippen LogP contribution in [0.25, 0.3) is 5.53 Å². The number of carbonyl (C=O) groups is 1. The summed E-state index contributed by atoms with van der Waals surface area (Å²) in [4.78, 5) is 13.3. The topological polar surface area (TPSA) is 131 Å². The highest BCUT2D eigenvalue weighted by Gasteiger charge is 2.43. The minimum absolute atomic E-state index is 0.0982. The zero-order chi connectivity index (χ0) is 20.2. The molecule has 0 unspecified atom stereocenters. The number of esters is 1. The summed E-state index contributed by atoms with van der Waals surface area (Å²) in [5.74, 6) is -0.784. The fourth-order valence-corrected chi connectivity index (χ4v) is 5.33. The van der Waals surface area contributed by atoms with Crippen molar-refractivity contribution in [3.63, 3.8) is 0 Å². The first kappa shape index (κ1) is 20.5. The fourth-order valence-electron chi connectivity index (χ4n) is 1.97. The first-order valence-electron chi connectivity index (χ1n) is 7.69. The quantitative estimate of drug-likeness (QED) is 0.190. The Balaban J connectivity index is 2.42. The number of hydrogen-bond acceptors (Lipinski definition) is 6. The summed E-state index contributed by atoms with van der Waals surface area (Å²) < 4.78 is 54.0. The van der Waals surface area contributed by atoms with E-state index < -0.39 is 34.9 Å². The summed E-state index contributed by atoms with van der Waals surface area (Å²) in [5.41, 5.74) is 9.11. The Hall–Kier alpha value is -2.81. The maximum atomic E-state index is 12.6. The molecule has 0 bridgehead atoms. The van der Waals surface area contributed by atoms with Crippen molar-refractivity contribution in [2.75, 3.05) is 0 Å². The molecule has 0 atom stereocenters. The lowest BCUT2D eigenvalue weighted by Crippen LogP contribution is -2.26. The van der Waals surface area contributed by atoms with Gasteiger partial charge in [-0.3, -0.25) is 4.79 Å². The Labute approximate surface area is 156 Å². The second kappa shape index (κ2) is 7.83. The van der Waals surface area contributed by atoms with E-state index in [-0.39, 0.29) is 16.6 Å². The summed E-state index contributed by atoms with van der Waals surface area (Å²) in [6, 6.07) is 11.3. The molecule has 0 aliphatic carbocycles. The molecule has 0 N–H and O–H groups in total. The molecule has 0 saturated carbocycles. The van der Waals surface area contributed by atoms with Gasteiger partial charge in [0.05, 0.1) is 15.7 Å². The minimum atomic E-state index is -4.65. The zero-order valence-corrected chi connectivity index (χ0v) is 16.1. The van der Waals surface area contributed by atoms with Crippen LogP contribution in [0, 0.1) is 5.92 Å². The maximum absolute atomic E-state index is 12.6. The van der Waals surface area contributed by atoms with Gasteiger partial charge in [-0.2, -0.15) is 0 Å². The molecular formula is C17H16N2O6S2. The minimum Gasteiger partial charge on any atom is -0.426 e. The number of hydrogen-bond donors (Lipinski definition) is 0. The van der Waals surface area contributed by atoms with Crippen LogP contribution in [0.3, 0.4) is 0 Å². The van der Waals surface area contributed by atoms with Crippen molar-refractivity contribution in [1.82, 2.24) is 0 Å². The van der Waals surface area contributed by atoms with Gasteiger partial charge in [0, 0.05) is 0 Å². The second-order valence-electron chi connectivity index (χ2n) is 5.73. The average Bonchev–Trinajstić information content (AvgIpc) is 2.63. The normalized spacial score (nSPS) is 11.7. The number of ether oxygens (including phenoxy) is 1. The molecule has 0 aromatic heterocycles. The van der Waals surface area contributed by atoms with Crippen molar-refractivity contribution in [2.45, 2.75) is 23.6 Å². The lowest BCUT2D eigenvalue weighted by molar-refractivity contribution is -0.137. The summed E-state index contributed by atoms with van der Waals surface area (Å²) >= 11 is 0. The summed E-state index contributed by atoms with van der Waals surface area (Å²) in [5, 5.41) is 0. The van der Waals surface area contributed by atoms with E-state index in [0.29, 0.717) is 0 Å². The van der Waals surface area contributed by atoms with Crippen molar-refractivity contribution < 1.29 is 31.2 Å². The molecular weight excluding hydrogens is 392 g/mol. The van der Waals surface area contributed by atoms with Crippen LogP contribution < -0.4 is 4.74 Å². The maximum Gasteiger partial charge on any atom is 0.504 e. The number of nitrogens with zero attached hydrogens (tertiary/aromatic N) is 2. The van der Waals surface area contributed by atoms with Gasteiger partial charge in [-0.05, 0) is 36.4 Å². The van der Waals surface area contributed by atoms with E-state index in [1.165, 1.54) is 36.4 Å². The molecule has 27 heavy (non-hydrogen) atoms. The zero-order valence-electron chi connectivity index (χ0n) is 14.4. The van der Waals surface area contributed by atoms with Crippen molar-refractivity contribution in [1.29, 1.82) is 0 Å². The van der Waals surface area contributed by atoms with Gasteiger partial charge in [-0.25, -0.2) is 16.8 Å². The van der Waals surface area contributed by atoms with Gasteiger partial charge in [-0.15, -0.1) is 4.79 Å². The molecule has 0 aliphatic rings.